The normalized spacial score (nSPS) is 27.5. The Morgan fingerprint density at radius 3 is 2.50 bits per heavy atom. The summed E-state index contributed by atoms with van der Waals surface area (Å²) < 4.78 is 6.16. The van der Waals surface area contributed by atoms with Crippen molar-refractivity contribution >= 4 is 0 Å². The first-order valence-corrected chi connectivity index (χ1v) is 7.82. The van der Waals surface area contributed by atoms with Crippen LogP contribution < -0.4 is 5.32 Å². The first-order valence-electron chi connectivity index (χ1n) is 7.82. The van der Waals surface area contributed by atoms with Crippen molar-refractivity contribution in [3.63, 3.8) is 0 Å². The molecule has 1 aliphatic rings. The standard InChI is InChI=1S/C18H29NO/c1-14-16(10-18(2,3)4)11-19-12-17(14)20-13-15-8-6-5-7-9-15/h5-9,14,16-17,19H,10-13H2,1-4H3/t14-,16+,17-/m1/s1. The maximum Gasteiger partial charge on any atom is 0.0732 e. The lowest BCUT2D eigenvalue weighted by atomic mass is 9.75. The molecule has 2 nitrogen and oxygen atoms in total. The van der Waals surface area contributed by atoms with E-state index in [0.29, 0.717) is 23.4 Å². The van der Waals surface area contributed by atoms with Crippen LogP contribution in [0.1, 0.15) is 39.7 Å². The van der Waals surface area contributed by atoms with Gasteiger partial charge in [-0.1, -0.05) is 58.0 Å². The maximum atomic E-state index is 6.16. The summed E-state index contributed by atoms with van der Waals surface area (Å²) in [5.41, 5.74) is 1.65. The molecule has 0 bridgehead atoms. The first kappa shape index (κ1) is 15.5. The summed E-state index contributed by atoms with van der Waals surface area (Å²) in [7, 11) is 0. The minimum atomic E-state index is 0.330. The van der Waals surface area contributed by atoms with E-state index in [1.165, 1.54) is 12.0 Å². The zero-order valence-electron chi connectivity index (χ0n) is 13.4. The number of hydrogen-bond acceptors (Lipinski definition) is 2. The number of ether oxygens (including phenoxy) is 1. The zero-order chi connectivity index (χ0) is 14.6. The van der Waals surface area contributed by atoms with Gasteiger partial charge < -0.3 is 10.1 Å². The molecular weight excluding hydrogens is 246 g/mol. The van der Waals surface area contributed by atoms with Crippen molar-refractivity contribution in [1.29, 1.82) is 0 Å². The summed E-state index contributed by atoms with van der Waals surface area (Å²) in [5, 5.41) is 3.55. The fourth-order valence-corrected chi connectivity index (χ4v) is 3.12. The maximum absolute atomic E-state index is 6.16. The van der Waals surface area contributed by atoms with Crippen LogP contribution >= 0.6 is 0 Å². The molecule has 1 N–H and O–H groups in total. The molecule has 2 rings (SSSR count). The molecule has 0 radical (unpaired) electrons. The van der Waals surface area contributed by atoms with Crippen LogP contribution in [0.15, 0.2) is 30.3 Å². The van der Waals surface area contributed by atoms with Crippen molar-refractivity contribution < 1.29 is 4.74 Å². The van der Waals surface area contributed by atoms with Gasteiger partial charge in [0.2, 0.25) is 0 Å². The van der Waals surface area contributed by atoms with Gasteiger partial charge >= 0.3 is 0 Å². The number of rotatable bonds is 4. The fourth-order valence-electron chi connectivity index (χ4n) is 3.12. The SMILES string of the molecule is C[C@@H]1[C@@H](CC(C)(C)C)CNC[C@H]1OCc1ccccc1. The second-order valence-corrected chi connectivity index (χ2v) is 7.38. The summed E-state index contributed by atoms with van der Waals surface area (Å²) in [5.74, 6) is 1.34. The van der Waals surface area contributed by atoms with Gasteiger partial charge in [-0.25, -0.2) is 0 Å². The molecule has 0 saturated carbocycles. The van der Waals surface area contributed by atoms with Crippen LogP contribution in [0.2, 0.25) is 0 Å². The summed E-state index contributed by atoms with van der Waals surface area (Å²) in [6, 6.07) is 10.5. The van der Waals surface area contributed by atoms with Gasteiger partial charge in [-0.15, -0.1) is 0 Å². The average Bonchev–Trinajstić information content (AvgIpc) is 2.39. The molecule has 3 atom stereocenters. The topological polar surface area (TPSA) is 21.3 Å². The zero-order valence-corrected chi connectivity index (χ0v) is 13.4. The van der Waals surface area contributed by atoms with Gasteiger partial charge in [-0.05, 0) is 35.8 Å². The Kier molecular flexibility index (Phi) is 5.22. The van der Waals surface area contributed by atoms with Crippen LogP contribution in [0.25, 0.3) is 0 Å². The number of hydrogen-bond donors (Lipinski definition) is 1. The van der Waals surface area contributed by atoms with Crippen molar-refractivity contribution in [2.75, 3.05) is 13.1 Å². The number of benzene rings is 1. The lowest BCUT2D eigenvalue weighted by Crippen LogP contribution is -2.47. The number of piperidine rings is 1. The Morgan fingerprint density at radius 1 is 1.15 bits per heavy atom. The van der Waals surface area contributed by atoms with Gasteiger partial charge in [0.1, 0.15) is 0 Å². The molecule has 0 aliphatic carbocycles. The van der Waals surface area contributed by atoms with Gasteiger partial charge in [-0.2, -0.15) is 0 Å². The predicted molar refractivity (Wildman–Crippen MR) is 84.6 cm³/mol. The Labute approximate surface area is 123 Å². The highest BCUT2D eigenvalue weighted by molar-refractivity contribution is 5.13. The Balaban J connectivity index is 1.88. The smallest absolute Gasteiger partial charge is 0.0732 e. The van der Waals surface area contributed by atoms with Crippen LogP contribution in [0.3, 0.4) is 0 Å². The van der Waals surface area contributed by atoms with E-state index in [2.05, 4.69) is 57.3 Å². The Morgan fingerprint density at radius 2 is 1.85 bits per heavy atom. The lowest BCUT2D eigenvalue weighted by molar-refractivity contribution is -0.0330. The second-order valence-electron chi connectivity index (χ2n) is 7.38. The highest BCUT2D eigenvalue weighted by atomic mass is 16.5. The molecule has 1 aromatic rings. The van der Waals surface area contributed by atoms with E-state index in [9.17, 15) is 0 Å². The predicted octanol–water partition coefficient (Wildman–Crippen LogP) is 3.86. The summed E-state index contributed by atoms with van der Waals surface area (Å²) in [4.78, 5) is 0. The van der Waals surface area contributed by atoms with Crippen LogP contribution in [-0.4, -0.2) is 19.2 Å². The van der Waals surface area contributed by atoms with Crippen molar-refractivity contribution in [1.82, 2.24) is 5.32 Å². The highest BCUT2D eigenvalue weighted by Crippen LogP contribution is 2.32. The minimum absolute atomic E-state index is 0.330. The van der Waals surface area contributed by atoms with Gasteiger partial charge in [0.05, 0.1) is 12.7 Å². The van der Waals surface area contributed by atoms with Crippen LogP contribution in [-0.2, 0) is 11.3 Å². The molecule has 1 heterocycles. The fraction of sp³-hybridized carbons (Fsp3) is 0.667. The monoisotopic (exact) mass is 275 g/mol. The van der Waals surface area contributed by atoms with Crippen molar-refractivity contribution in [3.8, 4) is 0 Å². The Bertz CT molecular complexity index is 396. The molecule has 0 amide bonds. The third-order valence-corrected chi connectivity index (χ3v) is 4.26. The third-order valence-electron chi connectivity index (χ3n) is 4.26. The molecule has 1 saturated heterocycles. The van der Waals surface area contributed by atoms with Crippen molar-refractivity contribution in [2.45, 2.75) is 46.8 Å². The third kappa shape index (κ3) is 4.60. The molecule has 20 heavy (non-hydrogen) atoms. The van der Waals surface area contributed by atoms with Crippen molar-refractivity contribution in [3.05, 3.63) is 35.9 Å². The van der Waals surface area contributed by atoms with Gasteiger partial charge in [0.25, 0.3) is 0 Å². The summed E-state index contributed by atoms with van der Waals surface area (Å²) in [6.07, 6.45) is 1.59. The second kappa shape index (κ2) is 6.73. The largest absolute Gasteiger partial charge is 0.372 e. The Hall–Kier alpha value is -0.860. The van der Waals surface area contributed by atoms with E-state index in [1.807, 2.05) is 6.07 Å². The van der Waals surface area contributed by atoms with E-state index < -0.39 is 0 Å². The van der Waals surface area contributed by atoms with Gasteiger partial charge in [-0.3, -0.25) is 0 Å². The van der Waals surface area contributed by atoms with Crippen LogP contribution in [0.5, 0.6) is 0 Å². The van der Waals surface area contributed by atoms with E-state index in [-0.39, 0.29) is 0 Å². The molecule has 0 spiro atoms. The average molecular weight is 275 g/mol. The molecule has 1 aliphatic heterocycles. The van der Waals surface area contributed by atoms with Crippen LogP contribution in [0, 0.1) is 17.3 Å². The van der Waals surface area contributed by atoms with E-state index in [4.69, 9.17) is 4.74 Å². The lowest BCUT2D eigenvalue weighted by Gasteiger charge is -2.39. The van der Waals surface area contributed by atoms with E-state index in [1.54, 1.807) is 0 Å². The van der Waals surface area contributed by atoms with Crippen LogP contribution in [0.4, 0.5) is 0 Å². The molecule has 1 aromatic carbocycles. The summed E-state index contributed by atoms with van der Waals surface area (Å²) >= 11 is 0. The molecule has 2 heteroatoms. The minimum Gasteiger partial charge on any atom is -0.372 e. The first-order chi connectivity index (χ1) is 9.46. The van der Waals surface area contributed by atoms with Gasteiger partial charge in [0, 0.05) is 6.54 Å². The quantitative estimate of drug-likeness (QED) is 0.901. The van der Waals surface area contributed by atoms with E-state index >= 15 is 0 Å². The molecule has 0 unspecified atom stereocenters. The molecule has 112 valence electrons. The molecule has 0 aromatic heterocycles. The van der Waals surface area contributed by atoms with Crippen molar-refractivity contribution in [2.24, 2.45) is 17.3 Å². The number of nitrogens with one attached hydrogen (secondary N) is 1. The van der Waals surface area contributed by atoms with Gasteiger partial charge in [0.15, 0.2) is 0 Å². The summed E-state index contributed by atoms with van der Waals surface area (Å²) in [6.45, 7) is 12.2. The molecular formula is C18H29NO. The molecule has 1 fully saturated rings. The van der Waals surface area contributed by atoms with E-state index in [0.717, 1.165) is 19.7 Å². The highest BCUT2D eigenvalue weighted by Gasteiger charge is 2.32.